The third kappa shape index (κ3) is 3.58. The molecule has 2 atom stereocenters. The number of ether oxygens (including phenoxy) is 1. The van der Waals surface area contributed by atoms with Crippen LogP contribution in [0.1, 0.15) is 43.1 Å². The molecule has 1 fully saturated rings. The van der Waals surface area contributed by atoms with E-state index in [1.807, 2.05) is 61.2 Å². The number of rotatable bonds is 6. The standard InChI is InChI=1S/C26H29N3O3/c1-17(2)32-14-8-13-28-16-23(30)29-22(26(28)31)15-20-19-11-6-7-12-21(19)27-24(20)25(29)18-9-4-3-5-10-18/h3-7,9-12,17,22,25,27H,8,13-16H2,1-2H3/t22-,25+/m0/s1. The highest BCUT2D eigenvalue weighted by Gasteiger charge is 2.47. The molecule has 6 nitrogen and oxygen atoms in total. The van der Waals surface area contributed by atoms with Crippen LogP contribution in [0.25, 0.3) is 10.9 Å². The zero-order valence-electron chi connectivity index (χ0n) is 18.6. The summed E-state index contributed by atoms with van der Waals surface area (Å²) in [6.45, 7) is 5.24. The molecule has 2 aromatic carbocycles. The fourth-order valence-electron chi connectivity index (χ4n) is 5.07. The minimum atomic E-state index is -0.487. The summed E-state index contributed by atoms with van der Waals surface area (Å²) in [5.41, 5.74) is 4.22. The SMILES string of the molecule is CC(C)OCCCN1CC(=O)N2[C@H](c3ccccc3)c3[nH]c4ccccc4c3C[C@H]2C1=O. The van der Waals surface area contributed by atoms with Crippen molar-refractivity contribution in [1.29, 1.82) is 0 Å². The van der Waals surface area contributed by atoms with Crippen LogP contribution in [0, 0.1) is 0 Å². The van der Waals surface area contributed by atoms with Gasteiger partial charge in [0.25, 0.3) is 0 Å². The van der Waals surface area contributed by atoms with E-state index in [1.54, 1.807) is 4.90 Å². The van der Waals surface area contributed by atoms with Gasteiger partial charge in [-0.2, -0.15) is 0 Å². The first kappa shape index (κ1) is 20.8. The number of H-pyrrole nitrogens is 1. The highest BCUT2D eigenvalue weighted by Crippen LogP contribution is 2.42. The Morgan fingerprint density at radius 1 is 1.06 bits per heavy atom. The van der Waals surface area contributed by atoms with Crippen molar-refractivity contribution in [3.05, 3.63) is 71.4 Å². The lowest BCUT2D eigenvalue weighted by atomic mass is 9.86. The second kappa shape index (κ2) is 8.43. The maximum Gasteiger partial charge on any atom is 0.246 e. The van der Waals surface area contributed by atoms with Crippen LogP contribution in [0.15, 0.2) is 54.6 Å². The van der Waals surface area contributed by atoms with Crippen LogP contribution in [-0.4, -0.2) is 58.4 Å². The molecule has 1 N–H and O–H groups in total. The first-order valence-electron chi connectivity index (χ1n) is 11.4. The molecular formula is C26H29N3O3. The lowest BCUT2D eigenvalue weighted by molar-refractivity contribution is -0.158. The average Bonchev–Trinajstić information content (AvgIpc) is 3.17. The molecule has 0 aliphatic carbocycles. The number of nitrogens with zero attached hydrogens (tertiary/aromatic N) is 2. The van der Waals surface area contributed by atoms with E-state index in [4.69, 9.17) is 4.74 Å². The number of amides is 2. The molecule has 3 aromatic rings. The zero-order chi connectivity index (χ0) is 22.2. The molecule has 2 aliphatic heterocycles. The van der Waals surface area contributed by atoms with Gasteiger partial charge in [0.2, 0.25) is 11.8 Å². The van der Waals surface area contributed by atoms with Crippen LogP contribution < -0.4 is 0 Å². The van der Waals surface area contributed by atoms with Crippen LogP contribution in [0.4, 0.5) is 0 Å². The van der Waals surface area contributed by atoms with Gasteiger partial charge in [-0.15, -0.1) is 0 Å². The Labute approximate surface area is 188 Å². The Kier molecular flexibility index (Phi) is 5.47. The minimum absolute atomic E-state index is 0.00228. The number of carbonyl (C=O) groups is 2. The van der Waals surface area contributed by atoms with Crippen molar-refractivity contribution in [2.24, 2.45) is 0 Å². The maximum atomic E-state index is 13.6. The van der Waals surface area contributed by atoms with Crippen molar-refractivity contribution in [2.75, 3.05) is 19.7 Å². The van der Waals surface area contributed by atoms with E-state index in [1.165, 1.54) is 0 Å². The number of fused-ring (bicyclic) bond motifs is 4. The average molecular weight is 432 g/mol. The highest BCUT2D eigenvalue weighted by molar-refractivity contribution is 5.97. The number of carbonyl (C=O) groups excluding carboxylic acids is 2. The van der Waals surface area contributed by atoms with Crippen molar-refractivity contribution in [3.63, 3.8) is 0 Å². The van der Waals surface area contributed by atoms with E-state index in [0.717, 1.165) is 34.1 Å². The summed E-state index contributed by atoms with van der Waals surface area (Å²) in [6.07, 6.45) is 1.42. The zero-order valence-corrected chi connectivity index (χ0v) is 18.6. The third-order valence-electron chi connectivity index (χ3n) is 6.48. The number of hydrogen-bond donors (Lipinski definition) is 1. The molecule has 0 saturated carbocycles. The number of piperazine rings is 1. The van der Waals surface area contributed by atoms with Gasteiger partial charge in [0.05, 0.1) is 18.7 Å². The van der Waals surface area contributed by atoms with Crippen LogP contribution in [0.3, 0.4) is 0 Å². The molecule has 5 rings (SSSR count). The number of aromatic amines is 1. The lowest BCUT2D eigenvalue weighted by Gasteiger charge is -2.47. The second-order valence-corrected chi connectivity index (χ2v) is 8.93. The van der Waals surface area contributed by atoms with Gasteiger partial charge in [0.1, 0.15) is 6.04 Å². The van der Waals surface area contributed by atoms with Crippen molar-refractivity contribution in [1.82, 2.24) is 14.8 Å². The summed E-state index contributed by atoms with van der Waals surface area (Å²) >= 11 is 0. The molecule has 0 bridgehead atoms. The Bertz CT molecular complexity index is 1140. The molecule has 0 spiro atoms. The monoisotopic (exact) mass is 431 g/mol. The van der Waals surface area contributed by atoms with Crippen molar-refractivity contribution in [3.8, 4) is 0 Å². The van der Waals surface area contributed by atoms with Gasteiger partial charge in [-0.3, -0.25) is 9.59 Å². The summed E-state index contributed by atoms with van der Waals surface area (Å²) < 4.78 is 5.62. The Hall–Kier alpha value is -3.12. The predicted octanol–water partition coefficient (Wildman–Crippen LogP) is 3.67. The number of hydrogen-bond acceptors (Lipinski definition) is 3. The Morgan fingerprint density at radius 3 is 2.59 bits per heavy atom. The first-order chi connectivity index (χ1) is 15.5. The molecule has 32 heavy (non-hydrogen) atoms. The Morgan fingerprint density at radius 2 is 1.81 bits per heavy atom. The molecule has 0 unspecified atom stereocenters. The molecule has 6 heteroatoms. The topological polar surface area (TPSA) is 65.6 Å². The molecule has 2 aliphatic rings. The minimum Gasteiger partial charge on any atom is -0.379 e. The number of benzene rings is 2. The maximum absolute atomic E-state index is 13.6. The van der Waals surface area contributed by atoms with E-state index >= 15 is 0 Å². The van der Waals surface area contributed by atoms with E-state index < -0.39 is 6.04 Å². The molecule has 1 saturated heterocycles. The summed E-state index contributed by atoms with van der Waals surface area (Å²) in [7, 11) is 0. The van der Waals surface area contributed by atoms with E-state index in [0.29, 0.717) is 19.6 Å². The molecule has 2 amide bonds. The van der Waals surface area contributed by atoms with Gasteiger partial charge >= 0.3 is 0 Å². The molecule has 166 valence electrons. The largest absolute Gasteiger partial charge is 0.379 e. The number of nitrogens with one attached hydrogen (secondary N) is 1. The van der Waals surface area contributed by atoms with E-state index in [-0.39, 0.29) is 30.5 Å². The quantitative estimate of drug-likeness (QED) is 0.606. The fourth-order valence-corrected chi connectivity index (χ4v) is 5.07. The van der Waals surface area contributed by atoms with E-state index in [9.17, 15) is 9.59 Å². The van der Waals surface area contributed by atoms with Gasteiger partial charge in [-0.1, -0.05) is 48.5 Å². The molecule has 1 aromatic heterocycles. The second-order valence-electron chi connectivity index (χ2n) is 8.93. The van der Waals surface area contributed by atoms with Crippen LogP contribution in [-0.2, 0) is 20.7 Å². The van der Waals surface area contributed by atoms with Gasteiger partial charge in [0, 0.05) is 36.2 Å². The summed E-state index contributed by atoms with van der Waals surface area (Å²) in [5, 5.41) is 1.13. The molecule has 3 heterocycles. The number of para-hydroxylation sites is 1. The smallest absolute Gasteiger partial charge is 0.246 e. The summed E-state index contributed by atoms with van der Waals surface area (Å²) in [5.74, 6) is 0.0311. The van der Waals surface area contributed by atoms with Gasteiger partial charge in [-0.05, 0) is 37.5 Å². The normalized spacial score (nSPS) is 20.7. The van der Waals surface area contributed by atoms with Crippen molar-refractivity contribution >= 4 is 22.7 Å². The lowest BCUT2D eigenvalue weighted by Crippen LogP contribution is -2.63. The molecular weight excluding hydrogens is 402 g/mol. The van der Waals surface area contributed by atoms with Crippen LogP contribution in [0.5, 0.6) is 0 Å². The molecule has 0 radical (unpaired) electrons. The van der Waals surface area contributed by atoms with Crippen molar-refractivity contribution in [2.45, 2.75) is 44.9 Å². The van der Waals surface area contributed by atoms with Crippen LogP contribution >= 0.6 is 0 Å². The fraction of sp³-hybridized carbons (Fsp3) is 0.385. The van der Waals surface area contributed by atoms with Crippen LogP contribution in [0.2, 0.25) is 0 Å². The highest BCUT2D eigenvalue weighted by atomic mass is 16.5. The third-order valence-corrected chi connectivity index (χ3v) is 6.48. The predicted molar refractivity (Wildman–Crippen MR) is 123 cm³/mol. The van der Waals surface area contributed by atoms with Gasteiger partial charge < -0.3 is 19.5 Å². The van der Waals surface area contributed by atoms with Gasteiger partial charge in [-0.25, -0.2) is 0 Å². The van der Waals surface area contributed by atoms with E-state index in [2.05, 4.69) is 17.1 Å². The number of aromatic nitrogens is 1. The first-order valence-corrected chi connectivity index (χ1v) is 11.4. The van der Waals surface area contributed by atoms with Gasteiger partial charge in [0.15, 0.2) is 0 Å². The summed E-state index contributed by atoms with van der Waals surface area (Å²) in [6, 6.07) is 17.4. The summed E-state index contributed by atoms with van der Waals surface area (Å²) in [4.78, 5) is 34.1. The Balaban J connectivity index is 1.51. The van der Waals surface area contributed by atoms with Crippen molar-refractivity contribution < 1.29 is 14.3 Å².